The zero-order chi connectivity index (χ0) is 20.3. The maximum atomic E-state index is 12.3. The largest absolute Gasteiger partial charge is 0.478 e. The number of amides is 1. The smallest absolute Gasteiger partial charge is 0.337 e. The van der Waals surface area contributed by atoms with Crippen molar-refractivity contribution < 1.29 is 19.6 Å². The van der Waals surface area contributed by atoms with E-state index in [-0.39, 0.29) is 32.6 Å². The van der Waals surface area contributed by atoms with Gasteiger partial charge in [0.05, 0.1) is 26.8 Å². The van der Waals surface area contributed by atoms with E-state index < -0.39 is 16.8 Å². The fraction of sp³-hybridized carbons (Fsp3) is 0. The molecule has 12 heteroatoms. The number of thiocarbonyl (C=S) groups is 1. The average Bonchev–Trinajstić information content (AvgIpc) is 2.56. The maximum Gasteiger partial charge on any atom is 0.337 e. The Kier molecular flexibility index (Phi) is 7.30. The van der Waals surface area contributed by atoms with Crippen LogP contribution in [0.25, 0.3) is 0 Å². The van der Waals surface area contributed by atoms with Crippen LogP contribution in [0.3, 0.4) is 0 Å². The number of benzene rings is 2. The lowest BCUT2D eigenvalue weighted by atomic mass is 10.2. The quantitative estimate of drug-likeness (QED) is 0.199. The Morgan fingerprint density at radius 3 is 2.44 bits per heavy atom. The van der Waals surface area contributed by atoms with Crippen molar-refractivity contribution in [2.24, 2.45) is 0 Å². The maximum absolute atomic E-state index is 12.3. The third kappa shape index (κ3) is 5.46. The van der Waals surface area contributed by atoms with Crippen molar-refractivity contribution in [2.75, 3.05) is 5.32 Å². The number of carboxylic acid groups (broad SMARTS) is 1. The highest BCUT2D eigenvalue weighted by Gasteiger charge is 2.19. The molecule has 0 unspecified atom stereocenters. The van der Waals surface area contributed by atoms with E-state index in [1.807, 2.05) is 45.2 Å². The van der Waals surface area contributed by atoms with Crippen LogP contribution in [0.4, 0.5) is 11.4 Å². The van der Waals surface area contributed by atoms with Crippen molar-refractivity contribution >= 4 is 97.4 Å². The highest BCUT2D eigenvalue weighted by atomic mass is 127. The Labute approximate surface area is 190 Å². The number of halogens is 3. The molecule has 0 aliphatic heterocycles. The molecule has 0 radical (unpaired) electrons. The number of non-ortho nitro benzene ring substituents is 1. The van der Waals surface area contributed by atoms with Gasteiger partial charge in [-0.3, -0.25) is 20.2 Å². The number of nitrogens with one attached hydrogen (secondary N) is 2. The number of anilines is 1. The normalized spacial score (nSPS) is 10.2. The molecular weight excluding hydrogens is 624 g/mol. The minimum atomic E-state index is -1.16. The second kappa shape index (κ2) is 9.07. The zero-order valence-corrected chi connectivity index (χ0v) is 18.8. The number of nitrogens with zero attached hydrogens (tertiary/aromatic N) is 1. The number of nitro benzene ring substituents is 1. The molecule has 0 aromatic heterocycles. The molecule has 0 aliphatic carbocycles. The fourth-order valence-corrected chi connectivity index (χ4v) is 4.36. The van der Waals surface area contributed by atoms with E-state index in [2.05, 4.69) is 10.6 Å². The molecule has 0 saturated carbocycles. The summed E-state index contributed by atoms with van der Waals surface area (Å²) in [6, 6.07) is 6.61. The number of carbonyl (C=O) groups excluding carboxylic acids is 1. The molecule has 8 nitrogen and oxygen atoms in total. The van der Waals surface area contributed by atoms with Crippen LogP contribution in [-0.4, -0.2) is 27.0 Å². The summed E-state index contributed by atoms with van der Waals surface area (Å²) in [6.07, 6.45) is 0. The fourth-order valence-electron chi connectivity index (χ4n) is 1.99. The number of hydrogen-bond acceptors (Lipinski definition) is 5. The minimum absolute atomic E-state index is 0.0102. The number of aromatic carboxylic acids is 1. The summed E-state index contributed by atoms with van der Waals surface area (Å²) >= 11 is 14.9. The van der Waals surface area contributed by atoms with Crippen molar-refractivity contribution in [3.63, 3.8) is 0 Å². The lowest BCUT2D eigenvalue weighted by Gasteiger charge is -2.14. The predicted octanol–water partition coefficient (Wildman–Crippen LogP) is 4.28. The summed E-state index contributed by atoms with van der Waals surface area (Å²) in [6.45, 7) is 0. The Hall–Kier alpha value is -1.58. The second-order valence-corrected chi connectivity index (χ2v) is 8.17. The van der Waals surface area contributed by atoms with Crippen molar-refractivity contribution in [1.82, 2.24) is 5.32 Å². The van der Waals surface area contributed by atoms with Crippen LogP contribution in [0.1, 0.15) is 20.7 Å². The van der Waals surface area contributed by atoms with Crippen molar-refractivity contribution in [3.05, 3.63) is 63.7 Å². The third-order valence-electron chi connectivity index (χ3n) is 3.16. The molecule has 0 heterocycles. The molecule has 0 spiro atoms. The Morgan fingerprint density at radius 2 is 1.85 bits per heavy atom. The van der Waals surface area contributed by atoms with Crippen LogP contribution in [0.15, 0.2) is 30.3 Å². The number of nitro groups is 1. The summed E-state index contributed by atoms with van der Waals surface area (Å²) < 4.78 is 1.31. The number of hydrogen-bond donors (Lipinski definition) is 3. The van der Waals surface area contributed by atoms with Gasteiger partial charge in [0.2, 0.25) is 0 Å². The first-order valence-electron chi connectivity index (χ1n) is 6.88. The molecule has 0 fully saturated rings. The van der Waals surface area contributed by atoms with Gasteiger partial charge in [0.15, 0.2) is 5.11 Å². The summed E-state index contributed by atoms with van der Waals surface area (Å²) in [5.74, 6) is -1.93. The lowest BCUT2D eigenvalue weighted by Crippen LogP contribution is -2.35. The van der Waals surface area contributed by atoms with Crippen LogP contribution in [-0.2, 0) is 0 Å². The van der Waals surface area contributed by atoms with Crippen molar-refractivity contribution in [2.45, 2.75) is 0 Å². The number of carbonyl (C=O) groups is 2. The van der Waals surface area contributed by atoms with Gasteiger partial charge < -0.3 is 10.4 Å². The molecule has 3 N–H and O–H groups in total. The van der Waals surface area contributed by atoms with E-state index in [1.54, 1.807) is 6.07 Å². The van der Waals surface area contributed by atoms with Gasteiger partial charge in [-0.05, 0) is 75.6 Å². The van der Waals surface area contributed by atoms with E-state index in [0.717, 1.165) is 9.64 Å². The van der Waals surface area contributed by atoms with Crippen LogP contribution in [0.5, 0.6) is 0 Å². The molecule has 0 bridgehead atoms. The standard InChI is InChI=1S/C15H8ClI2N3O5S/c16-10-2-1-7(21(25)26)5-8(10)13(22)20-15(27)19-12-9(14(23)24)3-6(17)4-11(12)18/h1-5H,(H,23,24)(H2,19,20,22,27). The second-order valence-electron chi connectivity index (χ2n) is 4.94. The van der Waals surface area contributed by atoms with Crippen molar-refractivity contribution in [3.8, 4) is 0 Å². The van der Waals surface area contributed by atoms with Gasteiger partial charge in [-0.2, -0.15) is 0 Å². The summed E-state index contributed by atoms with van der Waals surface area (Å²) in [5.41, 5.74) is -0.232. The molecule has 2 aromatic rings. The van der Waals surface area contributed by atoms with Gasteiger partial charge in [-0.1, -0.05) is 11.6 Å². The molecule has 0 aliphatic rings. The first kappa shape index (κ1) is 21.7. The van der Waals surface area contributed by atoms with Gasteiger partial charge in [0, 0.05) is 19.3 Å². The van der Waals surface area contributed by atoms with E-state index in [9.17, 15) is 24.8 Å². The van der Waals surface area contributed by atoms with Crippen LogP contribution < -0.4 is 10.6 Å². The van der Waals surface area contributed by atoms with Crippen LogP contribution >= 0.6 is 69.0 Å². The van der Waals surface area contributed by atoms with Gasteiger partial charge in [0.1, 0.15) is 0 Å². The summed E-state index contributed by atoms with van der Waals surface area (Å²) in [4.78, 5) is 34.0. The topological polar surface area (TPSA) is 122 Å². The van der Waals surface area contributed by atoms with Crippen LogP contribution in [0, 0.1) is 17.3 Å². The van der Waals surface area contributed by atoms with E-state index >= 15 is 0 Å². The molecule has 27 heavy (non-hydrogen) atoms. The van der Waals surface area contributed by atoms with E-state index in [0.29, 0.717) is 3.57 Å². The monoisotopic (exact) mass is 631 g/mol. The van der Waals surface area contributed by atoms with E-state index in [1.165, 1.54) is 18.2 Å². The first-order valence-corrected chi connectivity index (χ1v) is 9.83. The third-order valence-corrected chi connectivity index (χ3v) is 5.16. The SMILES string of the molecule is O=C(NC(=S)Nc1c(I)cc(I)cc1C(=O)O)c1cc([N+](=O)[O-])ccc1Cl. The minimum Gasteiger partial charge on any atom is -0.478 e. The molecule has 0 saturated heterocycles. The van der Waals surface area contributed by atoms with Gasteiger partial charge in [0.25, 0.3) is 11.6 Å². The average molecular weight is 632 g/mol. The predicted molar refractivity (Wildman–Crippen MR) is 121 cm³/mol. The Morgan fingerprint density at radius 1 is 1.19 bits per heavy atom. The molecule has 2 aromatic carbocycles. The highest BCUT2D eigenvalue weighted by molar-refractivity contribution is 14.1. The molecule has 1 amide bonds. The summed E-state index contributed by atoms with van der Waals surface area (Å²) in [7, 11) is 0. The lowest BCUT2D eigenvalue weighted by molar-refractivity contribution is -0.384. The number of carboxylic acids is 1. The molecule has 0 atom stereocenters. The molecule has 2 rings (SSSR count). The first-order chi connectivity index (χ1) is 12.6. The zero-order valence-electron chi connectivity index (χ0n) is 13.0. The molecule has 140 valence electrons. The van der Waals surface area contributed by atoms with E-state index in [4.69, 9.17) is 23.8 Å². The van der Waals surface area contributed by atoms with Gasteiger partial charge >= 0.3 is 5.97 Å². The van der Waals surface area contributed by atoms with Crippen molar-refractivity contribution in [1.29, 1.82) is 0 Å². The van der Waals surface area contributed by atoms with Gasteiger partial charge in [-0.25, -0.2) is 4.79 Å². The number of rotatable bonds is 4. The summed E-state index contributed by atoms with van der Waals surface area (Å²) in [5, 5.41) is 25.0. The molecular formula is C15H8ClI2N3O5S. The Bertz CT molecular complexity index is 986. The van der Waals surface area contributed by atoms with Gasteiger partial charge in [-0.15, -0.1) is 0 Å². The van der Waals surface area contributed by atoms with Crippen LogP contribution in [0.2, 0.25) is 5.02 Å². The Balaban J connectivity index is 2.25. The highest BCUT2D eigenvalue weighted by Crippen LogP contribution is 2.26.